The summed E-state index contributed by atoms with van der Waals surface area (Å²) in [6.45, 7) is 15.5. The van der Waals surface area contributed by atoms with Crippen molar-refractivity contribution in [2.75, 3.05) is 20.7 Å². The quantitative estimate of drug-likeness (QED) is 0.722. The van der Waals surface area contributed by atoms with E-state index < -0.39 is 17.7 Å². The van der Waals surface area contributed by atoms with Gasteiger partial charge in [0.25, 0.3) is 0 Å². The molecule has 0 heterocycles. The largest absolute Gasteiger partial charge is 0.444 e. The lowest BCUT2D eigenvalue weighted by Gasteiger charge is -2.29. The highest BCUT2D eigenvalue weighted by molar-refractivity contribution is 5.86. The molecule has 0 saturated carbocycles. The molecule has 6 nitrogen and oxygen atoms in total. The van der Waals surface area contributed by atoms with Gasteiger partial charge in [-0.3, -0.25) is 4.79 Å². The third kappa shape index (κ3) is 9.55. The second kappa shape index (κ2) is 9.06. The van der Waals surface area contributed by atoms with Crippen LogP contribution >= 0.6 is 0 Å². The van der Waals surface area contributed by atoms with E-state index >= 15 is 0 Å². The summed E-state index contributed by atoms with van der Waals surface area (Å²) >= 11 is 0. The van der Waals surface area contributed by atoms with Crippen molar-refractivity contribution in [3.05, 3.63) is 12.7 Å². The summed E-state index contributed by atoms with van der Waals surface area (Å²) in [7, 11) is 3.30. The Balaban J connectivity index is 5.05. The van der Waals surface area contributed by atoms with Gasteiger partial charge in [-0.15, -0.1) is 6.58 Å². The summed E-state index contributed by atoms with van der Waals surface area (Å²) in [5.74, 6) is -0.462. The first-order chi connectivity index (χ1) is 10.8. The maximum atomic E-state index is 12.5. The summed E-state index contributed by atoms with van der Waals surface area (Å²) in [5.41, 5.74) is -0.889. The van der Waals surface area contributed by atoms with E-state index in [2.05, 4.69) is 11.9 Å². The summed E-state index contributed by atoms with van der Waals surface area (Å²) in [6.07, 6.45) is 1.63. The van der Waals surface area contributed by atoms with Crippen molar-refractivity contribution in [2.45, 2.75) is 65.2 Å². The molecule has 0 aliphatic rings. The van der Waals surface area contributed by atoms with Crippen LogP contribution in [0.4, 0.5) is 4.79 Å². The fourth-order valence-electron chi connectivity index (χ4n) is 1.99. The maximum Gasteiger partial charge on any atom is 0.408 e. The molecule has 0 aromatic rings. The third-order valence-corrected chi connectivity index (χ3v) is 3.10. The first-order valence-electron chi connectivity index (χ1n) is 8.24. The molecule has 140 valence electrons. The van der Waals surface area contributed by atoms with Crippen molar-refractivity contribution in [3.63, 3.8) is 0 Å². The highest BCUT2D eigenvalue weighted by Gasteiger charge is 2.31. The number of carbonyl (C=O) groups is 2. The van der Waals surface area contributed by atoms with Gasteiger partial charge in [-0.2, -0.15) is 0 Å². The molecule has 0 fully saturated rings. The fourth-order valence-corrected chi connectivity index (χ4v) is 1.99. The van der Waals surface area contributed by atoms with Crippen LogP contribution in [0.25, 0.3) is 0 Å². The molecule has 0 unspecified atom stereocenters. The van der Waals surface area contributed by atoms with Crippen LogP contribution in [-0.2, 0) is 14.3 Å². The number of alkyl carbamates (subject to hydrolysis) is 1. The van der Waals surface area contributed by atoms with E-state index in [-0.39, 0.29) is 17.4 Å². The van der Waals surface area contributed by atoms with Crippen LogP contribution in [0, 0.1) is 5.92 Å². The molecule has 0 aliphatic heterocycles. The van der Waals surface area contributed by atoms with Crippen molar-refractivity contribution in [3.8, 4) is 0 Å². The molecular weight excluding hydrogens is 308 g/mol. The number of hydrogen-bond acceptors (Lipinski definition) is 4. The molecule has 0 aromatic heterocycles. The number of amides is 2. The van der Waals surface area contributed by atoms with Crippen LogP contribution in [-0.4, -0.2) is 54.8 Å². The Morgan fingerprint density at radius 3 is 2.04 bits per heavy atom. The Morgan fingerprint density at radius 1 is 1.12 bits per heavy atom. The lowest BCUT2D eigenvalue weighted by Crippen LogP contribution is -2.51. The zero-order chi connectivity index (χ0) is 19.1. The van der Waals surface area contributed by atoms with Crippen molar-refractivity contribution < 1.29 is 19.1 Å². The van der Waals surface area contributed by atoms with Crippen molar-refractivity contribution in [1.82, 2.24) is 10.2 Å². The molecule has 1 N–H and O–H groups in total. The van der Waals surface area contributed by atoms with Gasteiger partial charge >= 0.3 is 6.09 Å². The van der Waals surface area contributed by atoms with Gasteiger partial charge in [-0.1, -0.05) is 6.08 Å². The average molecular weight is 342 g/mol. The van der Waals surface area contributed by atoms with Crippen molar-refractivity contribution in [2.24, 2.45) is 5.92 Å². The molecule has 2 amide bonds. The van der Waals surface area contributed by atoms with Crippen LogP contribution in [0.15, 0.2) is 12.7 Å². The number of rotatable bonds is 7. The van der Waals surface area contributed by atoms with Gasteiger partial charge in [0.1, 0.15) is 11.6 Å². The summed E-state index contributed by atoms with van der Waals surface area (Å²) < 4.78 is 11.0. The number of nitrogens with one attached hydrogen (secondary N) is 1. The van der Waals surface area contributed by atoms with Crippen LogP contribution in [0.1, 0.15) is 48.0 Å². The molecule has 0 aliphatic carbocycles. The molecule has 2 atom stereocenters. The van der Waals surface area contributed by atoms with E-state index in [4.69, 9.17) is 9.47 Å². The SMILES string of the molecule is C=C[C@H](CCOC(C)(C)C)[C@H](NC(=O)OC(C)(C)C)C(=O)N(C)C. The van der Waals surface area contributed by atoms with Crippen molar-refractivity contribution >= 4 is 12.0 Å². The zero-order valence-electron chi connectivity index (χ0n) is 16.4. The monoisotopic (exact) mass is 342 g/mol. The molecular formula is C18H34N2O4. The van der Waals surface area contributed by atoms with E-state index in [9.17, 15) is 9.59 Å². The Labute approximate surface area is 146 Å². The standard InChI is InChI=1S/C18H34N2O4/c1-10-13(11-12-23-17(2,3)4)14(15(21)20(8)9)19-16(22)24-18(5,6)7/h10,13-14H,1,11-12H2,2-9H3,(H,19,22)/t13-,14+/m1/s1. The summed E-state index contributed by atoms with van der Waals surface area (Å²) in [5, 5.41) is 2.67. The minimum atomic E-state index is -0.740. The van der Waals surface area contributed by atoms with Crippen LogP contribution in [0.2, 0.25) is 0 Å². The molecule has 0 radical (unpaired) electrons. The van der Waals surface area contributed by atoms with Gasteiger partial charge in [-0.25, -0.2) is 4.79 Å². The van der Waals surface area contributed by atoms with Gasteiger partial charge in [0.05, 0.1) is 5.60 Å². The fraction of sp³-hybridized carbons (Fsp3) is 0.778. The number of hydrogen-bond donors (Lipinski definition) is 1. The molecule has 24 heavy (non-hydrogen) atoms. The zero-order valence-corrected chi connectivity index (χ0v) is 16.4. The Hall–Kier alpha value is -1.56. The molecule has 0 aromatic carbocycles. The topological polar surface area (TPSA) is 67.9 Å². The molecule has 0 spiro atoms. The molecule has 0 bridgehead atoms. The average Bonchev–Trinajstić information content (AvgIpc) is 2.37. The van der Waals surface area contributed by atoms with Gasteiger partial charge in [-0.05, 0) is 48.0 Å². The van der Waals surface area contributed by atoms with Gasteiger partial charge in [0.2, 0.25) is 5.91 Å². The van der Waals surface area contributed by atoms with Crippen LogP contribution < -0.4 is 5.32 Å². The summed E-state index contributed by atoms with van der Waals surface area (Å²) in [6, 6.07) is -0.740. The second-order valence-corrected chi connectivity index (χ2v) is 8.01. The first-order valence-corrected chi connectivity index (χ1v) is 8.24. The first kappa shape index (κ1) is 22.4. The van der Waals surface area contributed by atoms with Crippen LogP contribution in [0.3, 0.4) is 0 Å². The smallest absolute Gasteiger partial charge is 0.408 e. The van der Waals surface area contributed by atoms with E-state index in [0.29, 0.717) is 13.0 Å². The Morgan fingerprint density at radius 2 is 1.67 bits per heavy atom. The highest BCUT2D eigenvalue weighted by Crippen LogP contribution is 2.17. The maximum absolute atomic E-state index is 12.5. The lowest BCUT2D eigenvalue weighted by atomic mass is 9.95. The molecule has 0 saturated heterocycles. The normalized spacial score (nSPS) is 14.5. The van der Waals surface area contributed by atoms with Gasteiger partial charge < -0.3 is 19.7 Å². The minimum absolute atomic E-state index is 0.207. The number of ether oxygens (including phenoxy) is 2. The third-order valence-electron chi connectivity index (χ3n) is 3.10. The number of nitrogens with zero attached hydrogens (tertiary/aromatic N) is 1. The number of carbonyl (C=O) groups excluding carboxylic acids is 2. The molecule has 6 heteroatoms. The van der Waals surface area contributed by atoms with Crippen LogP contribution in [0.5, 0.6) is 0 Å². The van der Waals surface area contributed by atoms with E-state index in [0.717, 1.165) is 0 Å². The lowest BCUT2D eigenvalue weighted by molar-refractivity contribution is -0.132. The van der Waals surface area contributed by atoms with E-state index in [1.54, 1.807) is 40.9 Å². The Bertz CT molecular complexity index is 433. The second-order valence-electron chi connectivity index (χ2n) is 8.01. The Kier molecular flexibility index (Phi) is 8.47. The number of likely N-dealkylation sites (N-methyl/N-ethyl adjacent to an activating group) is 1. The van der Waals surface area contributed by atoms with E-state index in [1.165, 1.54) is 4.90 Å². The highest BCUT2D eigenvalue weighted by atomic mass is 16.6. The predicted molar refractivity (Wildman–Crippen MR) is 95.9 cm³/mol. The molecule has 0 rings (SSSR count). The predicted octanol–water partition coefficient (Wildman–Crippen LogP) is 2.98. The van der Waals surface area contributed by atoms with E-state index in [1.807, 2.05) is 20.8 Å². The van der Waals surface area contributed by atoms with Gasteiger partial charge in [0.15, 0.2) is 0 Å². The van der Waals surface area contributed by atoms with Crippen molar-refractivity contribution in [1.29, 1.82) is 0 Å². The minimum Gasteiger partial charge on any atom is -0.444 e. The van der Waals surface area contributed by atoms with Gasteiger partial charge in [0, 0.05) is 26.6 Å². The summed E-state index contributed by atoms with van der Waals surface area (Å²) in [4.78, 5) is 26.0.